The van der Waals surface area contributed by atoms with Crippen LogP contribution in [0.1, 0.15) is 10.6 Å². The molecule has 0 radical (unpaired) electrons. The van der Waals surface area contributed by atoms with E-state index in [0.717, 1.165) is 20.4 Å². The number of nitrogens with zero attached hydrogens (tertiary/aromatic N) is 2. The second-order valence-electron chi connectivity index (χ2n) is 4.31. The Labute approximate surface area is 122 Å². The van der Waals surface area contributed by atoms with Crippen molar-refractivity contribution in [2.45, 2.75) is 13.5 Å². The van der Waals surface area contributed by atoms with Gasteiger partial charge in [0, 0.05) is 14.7 Å². The van der Waals surface area contributed by atoms with E-state index in [4.69, 9.17) is 0 Å². The zero-order valence-corrected chi connectivity index (χ0v) is 12.7. The van der Waals surface area contributed by atoms with E-state index in [1.165, 1.54) is 0 Å². The fourth-order valence-electron chi connectivity index (χ4n) is 2.07. The van der Waals surface area contributed by atoms with Crippen molar-refractivity contribution in [3.63, 3.8) is 0 Å². The van der Waals surface area contributed by atoms with Crippen LogP contribution in [-0.2, 0) is 6.54 Å². The van der Waals surface area contributed by atoms with Crippen molar-refractivity contribution in [1.82, 2.24) is 9.55 Å². The Bertz CT molecular complexity index is 807. The number of para-hydroxylation sites is 2. The predicted octanol–water partition coefficient (Wildman–Crippen LogP) is 3.58. The Kier molecular flexibility index (Phi) is 3.24. The highest BCUT2D eigenvalue weighted by Gasteiger charge is 2.09. The van der Waals surface area contributed by atoms with Crippen LogP contribution in [0.3, 0.4) is 0 Å². The van der Waals surface area contributed by atoms with Gasteiger partial charge in [-0.05, 0) is 41.1 Å². The summed E-state index contributed by atoms with van der Waals surface area (Å²) in [5.74, 6) is 0. The van der Waals surface area contributed by atoms with Crippen LogP contribution in [-0.4, -0.2) is 9.55 Å². The Morgan fingerprint density at radius 3 is 2.89 bits per heavy atom. The minimum atomic E-state index is -0.0248. The number of fused-ring (bicyclic) bond motifs is 1. The maximum absolute atomic E-state index is 12.3. The lowest BCUT2D eigenvalue weighted by molar-refractivity contribution is 0.787. The Morgan fingerprint density at radius 1 is 1.37 bits per heavy atom. The third-order valence-corrected chi connectivity index (χ3v) is 4.63. The van der Waals surface area contributed by atoms with Gasteiger partial charge in [0.05, 0.1) is 17.6 Å². The molecule has 0 aliphatic rings. The van der Waals surface area contributed by atoms with Gasteiger partial charge in [0.15, 0.2) is 0 Å². The molecule has 2 heterocycles. The van der Waals surface area contributed by atoms with Crippen LogP contribution in [0.5, 0.6) is 0 Å². The van der Waals surface area contributed by atoms with Crippen molar-refractivity contribution in [2.75, 3.05) is 0 Å². The first kappa shape index (κ1) is 12.6. The summed E-state index contributed by atoms with van der Waals surface area (Å²) in [6.07, 6.45) is 0. The van der Waals surface area contributed by atoms with Crippen LogP contribution in [0.4, 0.5) is 0 Å². The molecule has 0 fully saturated rings. The van der Waals surface area contributed by atoms with Crippen molar-refractivity contribution < 1.29 is 0 Å². The summed E-state index contributed by atoms with van der Waals surface area (Å²) in [6, 6.07) is 9.78. The van der Waals surface area contributed by atoms with E-state index in [1.807, 2.05) is 35.7 Å². The van der Waals surface area contributed by atoms with E-state index in [2.05, 4.69) is 20.9 Å². The maximum atomic E-state index is 12.3. The molecule has 19 heavy (non-hydrogen) atoms. The summed E-state index contributed by atoms with van der Waals surface area (Å²) in [5, 5.41) is 2.02. The second-order valence-corrected chi connectivity index (χ2v) is 6.22. The summed E-state index contributed by atoms with van der Waals surface area (Å²) < 4.78 is 2.84. The second kappa shape index (κ2) is 4.90. The summed E-state index contributed by atoms with van der Waals surface area (Å²) in [6.45, 7) is 2.34. The molecule has 0 bridgehead atoms. The lowest BCUT2D eigenvalue weighted by Crippen LogP contribution is -2.24. The molecule has 0 unspecified atom stereocenters. The van der Waals surface area contributed by atoms with Crippen molar-refractivity contribution in [3.05, 3.63) is 61.1 Å². The summed E-state index contributed by atoms with van der Waals surface area (Å²) in [4.78, 5) is 17.8. The fraction of sp³-hybridized carbons (Fsp3) is 0.143. The van der Waals surface area contributed by atoms with Crippen LogP contribution in [0, 0.1) is 6.92 Å². The predicted molar refractivity (Wildman–Crippen MR) is 81.9 cm³/mol. The average Bonchev–Trinajstić information content (AvgIpc) is 2.80. The van der Waals surface area contributed by atoms with E-state index >= 15 is 0 Å². The summed E-state index contributed by atoms with van der Waals surface area (Å²) >= 11 is 5.08. The Morgan fingerprint density at radius 2 is 2.16 bits per heavy atom. The number of rotatable bonds is 2. The van der Waals surface area contributed by atoms with Gasteiger partial charge in [0.25, 0.3) is 5.56 Å². The zero-order valence-electron chi connectivity index (χ0n) is 10.3. The standard InChI is InChI=1S/C14H11BrN2OS/c1-9-14(18)17(7-11-6-10(15)8-19-11)13-5-3-2-4-12(13)16-9/h2-6,8H,7H2,1H3. The van der Waals surface area contributed by atoms with Gasteiger partial charge in [-0.25, -0.2) is 4.98 Å². The SMILES string of the molecule is Cc1nc2ccccc2n(Cc2cc(Br)cs2)c1=O. The highest BCUT2D eigenvalue weighted by atomic mass is 79.9. The first-order valence-corrected chi connectivity index (χ1v) is 7.51. The van der Waals surface area contributed by atoms with Crippen molar-refractivity contribution >= 4 is 38.3 Å². The molecule has 3 rings (SSSR count). The molecule has 3 aromatic rings. The smallest absolute Gasteiger partial charge is 0.272 e. The minimum Gasteiger partial charge on any atom is -0.300 e. The molecule has 0 aliphatic carbocycles. The molecule has 5 heteroatoms. The highest BCUT2D eigenvalue weighted by molar-refractivity contribution is 9.10. The third-order valence-electron chi connectivity index (χ3n) is 2.95. The van der Waals surface area contributed by atoms with Gasteiger partial charge < -0.3 is 0 Å². The molecule has 0 N–H and O–H groups in total. The van der Waals surface area contributed by atoms with Gasteiger partial charge in [-0.15, -0.1) is 11.3 Å². The van der Waals surface area contributed by atoms with Crippen molar-refractivity contribution in [1.29, 1.82) is 0 Å². The topological polar surface area (TPSA) is 34.9 Å². The van der Waals surface area contributed by atoms with Crippen LogP contribution < -0.4 is 5.56 Å². The molecule has 1 aromatic carbocycles. The van der Waals surface area contributed by atoms with Crippen LogP contribution >= 0.6 is 27.3 Å². The number of aryl methyl sites for hydroxylation is 1. The lowest BCUT2D eigenvalue weighted by atomic mass is 10.2. The minimum absolute atomic E-state index is 0.0248. The summed E-state index contributed by atoms with van der Waals surface area (Å²) in [7, 11) is 0. The normalized spacial score (nSPS) is 11.1. The fourth-order valence-corrected chi connectivity index (χ4v) is 3.51. The maximum Gasteiger partial charge on any atom is 0.272 e. The van der Waals surface area contributed by atoms with E-state index in [1.54, 1.807) is 22.8 Å². The number of aromatic nitrogens is 2. The summed E-state index contributed by atoms with van der Waals surface area (Å²) in [5.41, 5.74) is 2.25. The van der Waals surface area contributed by atoms with Gasteiger partial charge in [-0.1, -0.05) is 12.1 Å². The molecule has 0 saturated carbocycles. The number of hydrogen-bond donors (Lipinski definition) is 0. The molecule has 3 nitrogen and oxygen atoms in total. The number of benzene rings is 1. The van der Waals surface area contributed by atoms with E-state index in [0.29, 0.717) is 12.2 Å². The van der Waals surface area contributed by atoms with E-state index < -0.39 is 0 Å². The molecule has 0 aliphatic heterocycles. The highest BCUT2D eigenvalue weighted by Crippen LogP contribution is 2.21. The number of thiophene rings is 1. The Balaban J connectivity index is 2.21. The number of halogens is 1. The monoisotopic (exact) mass is 334 g/mol. The zero-order chi connectivity index (χ0) is 13.4. The van der Waals surface area contributed by atoms with Gasteiger partial charge in [0.1, 0.15) is 5.69 Å². The molecule has 96 valence electrons. The van der Waals surface area contributed by atoms with Crippen LogP contribution in [0.15, 0.2) is 45.0 Å². The lowest BCUT2D eigenvalue weighted by Gasteiger charge is -2.09. The first-order valence-electron chi connectivity index (χ1n) is 5.84. The van der Waals surface area contributed by atoms with Crippen LogP contribution in [0.2, 0.25) is 0 Å². The van der Waals surface area contributed by atoms with Crippen LogP contribution in [0.25, 0.3) is 11.0 Å². The van der Waals surface area contributed by atoms with Gasteiger partial charge >= 0.3 is 0 Å². The molecule has 0 amide bonds. The molecule has 2 aromatic heterocycles. The average molecular weight is 335 g/mol. The van der Waals surface area contributed by atoms with Crippen molar-refractivity contribution in [2.24, 2.45) is 0 Å². The van der Waals surface area contributed by atoms with E-state index in [-0.39, 0.29) is 5.56 Å². The largest absolute Gasteiger partial charge is 0.300 e. The molecule has 0 spiro atoms. The van der Waals surface area contributed by atoms with Gasteiger partial charge in [0.2, 0.25) is 0 Å². The van der Waals surface area contributed by atoms with Gasteiger partial charge in [-0.2, -0.15) is 0 Å². The molecular weight excluding hydrogens is 324 g/mol. The van der Waals surface area contributed by atoms with E-state index in [9.17, 15) is 4.79 Å². The first-order chi connectivity index (χ1) is 9.15. The van der Waals surface area contributed by atoms with Crippen molar-refractivity contribution in [3.8, 4) is 0 Å². The molecule has 0 saturated heterocycles. The molecule has 0 atom stereocenters. The number of hydrogen-bond acceptors (Lipinski definition) is 3. The molecular formula is C14H11BrN2OS. The quantitative estimate of drug-likeness (QED) is 0.718. The van der Waals surface area contributed by atoms with Gasteiger partial charge in [-0.3, -0.25) is 9.36 Å². The Hall–Kier alpha value is -1.46. The third kappa shape index (κ3) is 2.35.